The summed E-state index contributed by atoms with van der Waals surface area (Å²) < 4.78 is 18.2. The summed E-state index contributed by atoms with van der Waals surface area (Å²) in [7, 11) is 1.51. The molecule has 1 aromatic carbocycles. The Kier molecular flexibility index (Phi) is 6.14. The van der Waals surface area contributed by atoms with Crippen LogP contribution in [0.4, 0.5) is 4.39 Å². The molecule has 0 aliphatic heterocycles. The molecule has 0 radical (unpaired) electrons. The van der Waals surface area contributed by atoms with Crippen molar-refractivity contribution in [1.29, 1.82) is 0 Å². The zero-order valence-corrected chi connectivity index (χ0v) is 13.7. The lowest BCUT2D eigenvalue weighted by Gasteiger charge is -2.14. The maximum Gasteiger partial charge on any atom is 0.246 e. The molecule has 2 rings (SSSR count). The van der Waals surface area contributed by atoms with E-state index in [1.807, 2.05) is 0 Å². The van der Waals surface area contributed by atoms with Gasteiger partial charge in [-0.3, -0.25) is 9.59 Å². The largest absolute Gasteiger partial charge is 0.467 e. The van der Waals surface area contributed by atoms with Crippen LogP contribution in [0.3, 0.4) is 0 Å². The summed E-state index contributed by atoms with van der Waals surface area (Å²) in [5.41, 5.74) is 0.588. The van der Waals surface area contributed by atoms with Gasteiger partial charge in [0.25, 0.3) is 0 Å². The average Bonchev–Trinajstić information content (AvgIpc) is 3.07. The van der Waals surface area contributed by atoms with Gasteiger partial charge in [-0.05, 0) is 35.9 Å². The summed E-state index contributed by atoms with van der Waals surface area (Å²) >= 11 is 5.67. The molecule has 0 aliphatic carbocycles. The van der Waals surface area contributed by atoms with Crippen molar-refractivity contribution in [2.24, 2.45) is 0 Å². The highest BCUT2D eigenvalue weighted by Crippen LogP contribution is 2.16. The molecule has 5 nitrogen and oxygen atoms in total. The molecule has 1 N–H and O–H groups in total. The Labute approximate surface area is 143 Å². The molecule has 126 valence electrons. The van der Waals surface area contributed by atoms with Crippen LogP contribution in [0, 0.1) is 5.82 Å². The quantitative estimate of drug-likeness (QED) is 0.815. The number of hydrogen-bond donors (Lipinski definition) is 1. The number of benzene rings is 1. The van der Waals surface area contributed by atoms with E-state index in [2.05, 4.69) is 5.32 Å². The normalized spacial score (nSPS) is 10.8. The van der Waals surface area contributed by atoms with Crippen molar-refractivity contribution in [3.05, 3.63) is 64.8 Å². The molecule has 0 spiro atoms. The number of amides is 2. The number of rotatable bonds is 6. The van der Waals surface area contributed by atoms with E-state index in [0.29, 0.717) is 11.3 Å². The lowest BCUT2D eigenvalue weighted by atomic mass is 10.2. The van der Waals surface area contributed by atoms with Crippen LogP contribution in [-0.4, -0.2) is 30.3 Å². The third kappa shape index (κ3) is 5.24. The van der Waals surface area contributed by atoms with Gasteiger partial charge in [0.2, 0.25) is 11.8 Å². The Morgan fingerprint density at radius 3 is 2.83 bits per heavy atom. The van der Waals surface area contributed by atoms with Gasteiger partial charge in [-0.1, -0.05) is 17.7 Å². The Morgan fingerprint density at radius 2 is 2.17 bits per heavy atom. The van der Waals surface area contributed by atoms with Gasteiger partial charge in [0, 0.05) is 13.1 Å². The van der Waals surface area contributed by atoms with Gasteiger partial charge in [0.05, 0.1) is 24.4 Å². The van der Waals surface area contributed by atoms with Crippen molar-refractivity contribution in [3.63, 3.8) is 0 Å². The zero-order valence-electron chi connectivity index (χ0n) is 13.0. The van der Waals surface area contributed by atoms with Gasteiger partial charge in [-0.25, -0.2) is 4.39 Å². The molecule has 0 fully saturated rings. The van der Waals surface area contributed by atoms with Gasteiger partial charge in [-0.2, -0.15) is 0 Å². The zero-order chi connectivity index (χ0) is 17.5. The van der Waals surface area contributed by atoms with Gasteiger partial charge in [-0.15, -0.1) is 0 Å². The first-order chi connectivity index (χ1) is 11.5. The molecule has 0 aliphatic rings. The van der Waals surface area contributed by atoms with E-state index in [1.54, 1.807) is 12.1 Å². The molecule has 1 heterocycles. The lowest BCUT2D eigenvalue weighted by Crippen LogP contribution is -2.37. The van der Waals surface area contributed by atoms with Crippen LogP contribution in [0.5, 0.6) is 0 Å². The van der Waals surface area contributed by atoms with E-state index in [-0.39, 0.29) is 29.9 Å². The van der Waals surface area contributed by atoms with Gasteiger partial charge in [0.15, 0.2) is 0 Å². The summed E-state index contributed by atoms with van der Waals surface area (Å²) in [6.45, 7) is 0.172. The predicted molar refractivity (Wildman–Crippen MR) is 88.6 cm³/mol. The summed E-state index contributed by atoms with van der Waals surface area (Å²) in [5.74, 6) is -0.556. The maximum absolute atomic E-state index is 13.1. The van der Waals surface area contributed by atoms with Crippen LogP contribution >= 0.6 is 11.6 Å². The van der Waals surface area contributed by atoms with Crippen molar-refractivity contribution in [3.8, 4) is 0 Å². The van der Waals surface area contributed by atoms with E-state index in [0.717, 1.165) is 0 Å². The minimum atomic E-state index is -0.523. The number of nitrogens with zero attached hydrogens (tertiary/aromatic N) is 1. The third-order valence-corrected chi connectivity index (χ3v) is 3.45. The fourth-order valence-corrected chi connectivity index (χ4v) is 2.05. The fourth-order valence-electron chi connectivity index (χ4n) is 1.86. The maximum atomic E-state index is 13.1. The molecule has 24 heavy (non-hydrogen) atoms. The standard InChI is InChI=1S/C17H16ClFN2O3/c1-21(11-16(22)20-10-13-3-2-8-24-13)17(23)7-5-12-4-6-15(19)14(18)9-12/h2-9H,10-11H2,1H3,(H,20,22). The van der Waals surface area contributed by atoms with Crippen molar-refractivity contribution >= 4 is 29.5 Å². The molecule has 0 unspecified atom stereocenters. The molecule has 0 atom stereocenters. The summed E-state index contributed by atoms with van der Waals surface area (Å²) in [6.07, 6.45) is 4.32. The van der Waals surface area contributed by atoms with Crippen LogP contribution in [0.2, 0.25) is 5.02 Å². The van der Waals surface area contributed by atoms with Crippen molar-refractivity contribution in [1.82, 2.24) is 10.2 Å². The van der Waals surface area contributed by atoms with E-state index >= 15 is 0 Å². The van der Waals surface area contributed by atoms with Crippen LogP contribution in [0.25, 0.3) is 6.08 Å². The second-order valence-corrected chi connectivity index (χ2v) is 5.46. The molecule has 0 bridgehead atoms. The number of carbonyl (C=O) groups is 2. The number of likely N-dealkylation sites (N-methyl/N-ethyl adjacent to an activating group) is 1. The highest BCUT2D eigenvalue weighted by atomic mass is 35.5. The monoisotopic (exact) mass is 350 g/mol. The van der Waals surface area contributed by atoms with Gasteiger partial charge in [0.1, 0.15) is 11.6 Å². The minimum Gasteiger partial charge on any atom is -0.467 e. The summed E-state index contributed by atoms with van der Waals surface area (Å²) in [5, 5.41) is 2.63. The molecule has 2 amide bonds. The minimum absolute atomic E-state index is 0.0183. The number of nitrogens with one attached hydrogen (secondary N) is 1. The number of carbonyl (C=O) groups excluding carboxylic acids is 2. The van der Waals surface area contributed by atoms with Crippen molar-refractivity contribution < 1.29 is 18.4 Å². The SMILES string of the molecule is CN(CC(=O)NCc1ccco1)C(=O)C=Cc1ccc(F)c(Cl)c1. The Balaban J connectivity index is 1.83. The van der Waals surface area contributed by atoms with Gasteiger partial charge >= 0.3 is 0 Å². The van der Waals surface area contributed by atoms with Crippen molar-refractivity contribution in [2.75, 3.05) is 13.6 Å². The Morgan fingerprint density at radius 1 is 1.38 bits per heavy atom. The first-order valence-electron chi connectivity index (χ1n) is 7.13. The topological polar surface area (TPSA) is 62.6 Å². The molecule has 0 saturated carbocycles. The first-order valence-corrected chi connectivity index (χ1v) is 7.51. The molecule has 0 saturated heterocycles. The second kappa shape index (κ2) is 8.31. The van der Waals surface area contributed by atoms with E-state index in [1.165, 1.54) is 48.6 Å². The molecule has 7 heteroatoms. The summed E-state index contributed by atoms with van der Waals surface area (Å²) in [6, 6.07) is 7.60. The number of halogens is 2. The number of furan rings is 1. The average molecular weight is 351 g/mol. The second-order valence-electron chi connectivity index (χ2n) is 5.06. The third-order valence-electron chi connectivity index (χ3n) is 3.16. The number of hydrogen-bond acceptors (Lipinski definition) is 3. The predicted octanol–water partition coefficient (Wildman–Crippen LogP) is 2.86. The summed E-state index contributed by atoms with van der Waals surface area (Å²) in [4.78, 5) is 25.0. The molecule has 2 aromatic rings. The van der Waals surface area contributed by atoms with E-state index < -0.39 is 5.82 Å². The molecular weight excluding hydrogens is 335 g/mol. The van der Waals surface area contributed by atoms with Crippen LogP contribution in [0.15, 0.2) is 47.1 Å². The highest BCUT2D eigenvalue weighted by molar-refractivity contribution is 6.30. The molecular formula is C17H16ClFN2O3. The van der Waals surface area contributed by atoms with Crippen molar-refractivity contribution in [2.45, 2.75) is 6.54 Å². The Bertz CT molecular complexity index is 744. The van der Waals surface area contributed by atoms with Gasteiger partial charge < -0.3 is 14.6 Å². The lowest BCUT2D eigenvalue weighted by molar-refractivity contribution is -0.131. The first kappa shape index (κ1) is 17.7. The van der Waals surface area contributed by atoms with Crippen LogP contribution in [-0.2, 0) is 16.1 Å². The van der Waals surface area contributed by atoms with Crippen LogP contribution < -0.4 is 5.32 Å². The fraction of sp³-hybridized carbons (Fsp3) is 0.176. The van der Waals surface area contributed by atoms with E-state index in [9.17, 15) is 14.0 Å². The molecule has 1 aromatic heterocycles. The van der Waals surface area contributed by atoms with Crippen LogP contribution in [0.1, 0.15) is 11.3 Å². The highest BCUT2D eigenvalue weighted by Gasteiger charge is 2.10. The Hall–Kier alpha value is -2.60. The smallest absolute Gasteiger partial charge is 0.246 e. The van der Waals surface area contributed by atoms with E-state index in [4.69, 9.17) is 16.0 Å².